The third-order valence-corrected chi connectivity index (χ3v) is 10.3. The van der Waals surface area contributed by atoms with Crippen LogP contribution in [0.1, 0.15) is 29.0 Å². The van der Waals surface area contributed by atoms with Crippen LogP contribution in [-0.4, -0.2) is 5.84 Å². The fourth-order valence-electron chi connectivity index (χ4n) is 7.77. The number of furan rings is 1. The number of aliphatic imine (C=N–C) groups is 1. The molecule has 10 rings (SSSR count). The van der Waals surface area contributed by atoms with E-state index in [0.717, 1.165) is 83.2 Å². The van der Waals surface area contributed by atoms with Crippen LogP contribution in [0.4, 0.5) is 0 Å². The molecule has 1 aliphatic rings. The van der Waals surface area contributed by atoms with E-state index in [2.05, 4.69) is 199 Å². The number of nitrogens with zero attached hydrogens (tertiary/aromatic N) is 1. The molecule has 53 heavy (non-hydrogen) atoms. The van der Waals surface area contributed by atoms with Gasteiger partial charge in [-0.2, -0.15) is 0 Å². The van der Waals surface area contributed by atoms with Crippen LogP contribution >= 0.6 is 0 Å². The van der Waals surface area contributed by atoms with Gasteiger partial charge in [0.05, 0.1) is 0 Å². The molecule has 1 aliphatic heterocycles. The van der Waals surface area contributed by atoms with E-state index in [4.69, 9.17) is 9.41 Å². The molecule has 2 atom stereocenters. The Balaban J connectivity index is 1.21. The molecule has 1 aromatic heterocycles. The van der Waals surface area contributed by atoms with Crippen molar-refractivity contribution in [3.05, 3.63) is 205 Å². The van der Waals surface area contributed by atoms with E-state index >= 15 is 0 Å². The second kappa shape index (κ2) is 13.1. The molecule has 0 fully saturated rings. The Hall–Kier alpha value is -6.75. The van der Waals surface area contributed by atoms with Crippen molar-refractivity contribution in [1.29, 1.82) is 0 Å². The van der Waals surface area contributed by atoms with Crippen LogP contribution in [0.2, 0.25) is 0 Å². The van der Waals surface area contributed by atoms with Crippen molar-refractivity contribution in [2.45, 2.75) is 12.3 Å². The fraction of sp³-hybridized carbons (Fsp3) is 0.0408. The maximum Gasteiger partial charge on any atom is 0.136 e. The lowest BCUT2D eigenvalue weighted by molar-refractivity contribution is 0.411. The minimum absolute atomic E-state index is 0.309. The summed E-state index contributed by atoms with van der Waals surface area (Å²) in [7, 11) is 0. The smallest absolute Gasteiger partial charge is 0.136 e. The monoisotopic (exact) mass is 681 g/mol. The Morgan fingerprint density at radius 2 is 1.00 bits per heavy atom. The van der Waals surface area contributed by atoms with Crippen LogP contribution in [0.25, 0.3) is 66.1 Å². The molecule has 4 nitrogen and oxygen atoms in total. The summed E-state index contributed by atoms with van der Waals surface area (Å²) in [5, 5.41) is 12.4. The predicted molar refractivity (Wildman–Crippen MR) is 219 cm³/mol. The zero-order valence-electron chi connectivity index (χ0n) is 28.9. The highest BCUT2D eigenvalue weighted by Gasteiger charge is 2.30. The largest absolute Gasteiger partial charge is 0.456 e. The van der Waals surface area contributed by atoms with E-state index in [-0.39, 0.29) is 12.3 Å². The Morgan fingerprint density at radius 1 is 0.453 bits per heavy atom. The molecular formula is C49H35N3O. The zero-order chi connectivity index (χ0) is 35.1. The van der Waals surface area contributed by atoms with Crippen molar-refractivity contribution in [3.8, 4) is 33.4 Å². The maximum atomic E-state index is 6.65. The number of fused-ring (bicyclic) bond motifs is 4. The maximum absolute atomic E-state index is 6.65. The highest BCUT2D eigenvalue weighted by Crippen LogP contribution is 2.42. The first-order valence-electron chi connectivity index (χ1n) is 18.1. The number of benzene rings is 8. The Labute approximate surface area is 308 Å². The van der Waals surface area contributed by atoms with Gasteiger partial charge in [-0.15, -0.1) is 0 Å². The predicted octanol–water partition coefficient (Wildman–Crippen LogP) is 12.1. The Kier molecular flexibility index (Phi) is 7.67. The molecule has 0 spiro atoms. The Morgan fingerprint density at radius 3 is 1.64 bits per heavy atom. The molecule has 2 unspecified atom stereocenters. The van der Waals surface area contributed by atoms with Crippen molar-refractivity contribution < 1.29 is 4.42 Å². The van der Waals surface area contributed by atoms with E-state index in [1.54, 1.807) is 0 Å². The standard InChI is InChI=1S/C49H35N3O/c1-5-15-32(16-6-1)38-27-39(33-17-7-2-8-18-33)29-40(28-38)48-50-47(35-21-11-4-12-22-35)51-49(52-48)46-41(34-19-9-3-10-20-34)25-26-43-45(46)42-30-36-23-13-14-24-37(36)31-44(42)53-43/h1-31,47,49,51H,(H,50,52). The van der Waals surface area contributed by atoms with Gasteiger partial charge in [0.15, 0.2) is 0 Å². The number of nitrogens with one attached hydrogen (secondary N) is 2. The number of rotatable bonds is 6. The topological polar surface area (TPSA) is 49.6 Å². The molecule has 0 amide bonds. The SMILES string of the molecule is c1ccc(-c2cc(C3=NC(c4ccccc4)NC(c4c(-c5ccccc5)ccc5oc6cc7ccccc7cc6c45)N3)cc(-c3ccccc3)c2)cc1. The summed E-state index contributed by atoms with van der Waals surface area (Å²) in [6, 6.07) is 66.4. The lowest BCUT2D eigenvalue weighted by Crippen LogP contribution is -2.45. The molecule has 8 aromatic carbocycles. The van der Waals surface area contributed by atoms with Gasteiger partial charge in [-0.05, 0) is 86.1 Å². The van der Waals surface area contributed by atoms with Gasteiger partial charge < -0.3 is 9.73 Å². The van der Waals surface area contributed by atoms with Crippen LogP contribution in [0.3, 0.4) is 0 Å². The van der Waals surface area contributed by atoms with Crippen LogP contribution in [-0.2, 0) is 0 Å². The Bertz CT molecular complexity index is 2720. The first kappa shape index (κ1) is 31.0. The third-order valence-electron chi connectivity index (χ3n) is 10.3. The molecule has 0 saturated carbocycles. The van der Waals surface area contributed by atoms with E-state index < -0.39 is 0 Å². The van der Waals surface area contributed by atoms with Crippen molar-refractivity contribution in [1.82, 2.24) is 10.6 Å². The van der Waals surface area contributed by atoms with Gasteiger partial charge in [0.1, 0.15) is 29.3 Å². The van der Waals surface area contributed by atoms with Gasteiger partial charge in [-0.1, -0.05) is 152 Å². The lowest BCUT2D eigenvalue weighted by Gasteiger charge is -2.34. The first-order chi connectivity index (χ1) is 26.2. The molecule has 4 heteroatoms. The molecule has 2 N–H and O–H groups in total. The summed E-state index contributed by atoms with van der Waals surface area (Å²) in [6.07, 6.45) is -0.629. The summed E-state index contributed by atoms with van der Waals surface area (Å²) in [5.74, 6) is 0.826. The molecule has 0 saturated heterocycles. The molecule has 252 valence electrons. The zero-order valence-corrected chi connectivity index (χ0v) is 28.9. The average molecular weight is 682 g/mol. The lowest BCUT2D eigenvalue weighted by atomic mass is 9.91. The van der Waals surface area contributed by atoms with Crippen LogP contribution in [0.15, 0.2) is 197 Å². The first-order valence-corrected chi connectivity index (χ1v) is 18.1. The quantitative estimate of drug-likeness (QED) is 0.184. The number of hydrogen-bond donors (Lipinski definition) is 2. The number of hydrogen-bond acceptors (Lipinski definition) is 4. The second-order valence-electron chi connectivity index (χ2n) is 13.6. The average Bonchev–Trinajstić information content (AvgIpc) is 3.60. The highest BCUT2D eigenvalue weighted by atomic mass is 16.3. The summed E-state index contributed by atoms with van der Waals surface area (Å²) in [4.78, 5) is 5.41. The van der Waals surface area contributed by atoms with Crippen molar-refractivity contribution in [3.63, 3.8) is 0 Å². The molecular weight excluding hydrogens is 647 g/mol. The summed E-state index contributed by atoms with van der Waals surface area (Å²) >= 11 is 0. The summed E-state index contributed by atoms with van der Waals surface area (Å²) < 4.78 is 6.65. The molecule has 0 aliphatic carbocycles. The van der Waals surface area contributed by atoms with Gasteiger partial charge in [-0.25, -0.2) is 4.99 Å². The van der Waals surface area contributed by atoms with E-state index in [1.165, 1.54) is 5.39 Å². The van der Waals surface area contributed by atoms with Crippen molar-refractivity contribution >= 4 is 38.5 Å². The summed E-state index contributed by atoms with van der Waals surface area (Å²) in [6.45, 7) is 0. The van der Waals surface area contributed by atoms with E-state index in [0.29, 0.717) is 0 Å². The highest BCUT2D eigenvalue weighted by molar-refractivity contribution is 6.13. The molecule has 2 heterocycles. The minimum Gasteiger partial charge on any atom is -0.456 e. The van der Waals surface area contributed by atoms with Gasteiger partial charge in [0.25, 0.3) is 0 Å². The van der Waals surface area contributed by atoms with Gasteiger partial charge in [0.2, 0.25) is 0 Å². The van der Waals surface area contributed by atoms with Gasteiger partial charge >= 0.3 is 0 Å². The van der Waals surface area contributed by atoms with E-state index in [9.17, 15) is 0 Å². The van der Waals surface area contributed by atoms with E-state index in [1.807, 2.05) is 0 Å². The second-order valence-corrected chi connectivity index (χ2v) is 13.6. The summed E-state index contributed by atoms with van der Waals surface area (Å²) in [5.41, 5.74) is 11.8. The fourth-order valence-corrected chi connectivity index (χ4v) is 7.77. The normalized spacial score (nSPS) is 15.7. The third kappa shape index (κ3) is 5.76. The van der Waals surface area contributed by atoms with Crippen LogP contribution in [0.5, 0.6) is 0 Å². The van der Waals surface area contributed by atoms with Gasteiger partial charge in [0, 0.05) is 21.9 Å². The molecule has 0 bridgehead atoms. The number of amidine groups is 1. The van der Waals surface area contributed by atoms with Crippen LogP contribution < -0.4 is 10.6 Å². The van der Waals surface area contributed by atoms with Crippen molar-refractivity contribution in [2.75, 3.05) is 0 Å². The van der Waals surface area contributed by atoms with Crippen molar-refractivity contribution in [2.24, 2.45) is 4.99 Å². The molecule has 0 radical (unpaired) electrons. The van der Waals surface area contributed by atoms with Gasteiger partial charge in [-0.3, -0.25) is 5.32 Å². The molecule has 9 aromatic rings. The minimum atomic E-state index is -0.320. The van der Waals surface area contributed by atoms with Crippen LogP contribution in [0, 0.1) is 0 Å².